The van der Waals surface area contributed by atoms with Gasteiger partial charge in [-0.2, -0.15) is 0 Å². The zero-order chi connectivity index (χ0) is 11.8. The maximum Gasteiger partial charge on any atom is 0.0737 e. The van der Waals surface area contributed by atoms with Gasteiger partial charge >= 0.3 is 0 Å². The van der Waals surface area contributed by atoms with Crippen LogP contribution >= 0.6 is 50.7 Å². The van der Waals surface area contributed by atoms with Crippen LogP contribution in [0.15, 0.2) is 10.5 Å². The minimum Gasteiger partial charge on any atom is -0.122 e. The van der Waals surface area contributed by atoms with Crippen LogP contribution < -0.4 is 0 Å². The lowest BCUT2D eigenvalue weighted by Crippen LogP contribution is -2.15. The van der Waals surface area contributed by atoms with Crippen molar-refractivity contribution in [2.24, 2.45) is 0 Å². The maximum atomic E-state index is 6.10. The highest BCUT2D eigenvalue weighted by Crippen LogP contribution is 2.41. The predicted molar refractivity (Wildman–Crippen MR) is 72.4 cm³/mol. The van der Waals surface area contributed by atoms with Gasteiger partial charge in [0.05, 0.1) is 10.0 Å². The zero-order valence-corrected chi connectivity index (χ0v) is 12.7. The highest BCUT2D eigenvalue weighted by atomic mass is 79.9. The fourth-order valence-electron chi connectivity index (χ4n) is 1.56. The number of halogens is 4. The molecule has 15 heavy (non-hydrogen) atoms. The molecule has 0 amide bonds. The Balaban J connectivity index is 3.55. The van der Waals surface area contributed by atoms with Crippen LogP contribution in [0.1, 0.15) is 31.9 Å². The van der Waals surface area contributed by atoms with Crippen LogP contribution in [-0.4, -0.2) is 0 Å². The molecule has 84 valence electrons. The summed E-state index contributed by atoms with van der Waals surface area (Å²) in [6.07, 6.45) is 0. The second kappa shape index (κ2) is 4.83. The summed E-state index contributed by atoms with van der Waals surface area (Å²) in [6, 6.07) is 1.84. The van der Waals surface area contributed by atoms with Crippen molar-refractivity contribution in [1.82, 2.24) is 0 Å². The normalized spacial score (nSPS) is 11.9. The summed E-state index contributed by atoms with van der Waals surface area (Å²) in [5.74, 6) is 0.433. The smallest absolute Gasteiger partial charge is 0.0737 e. The summed E-state index contributed by atoms with van der Waals surface area (Å²) in [5, 5.41) is 1.09. The molecule has 0 aromatic heterocycles. The van der Waals surface area contributed by atoms with Gasteiger partial charge < -0.3 is 0 Å². The van der Waals surface area contributed by atoms with E-state index in [1.165, 1.54) is 0 Å². The lowest BCUT2D eigenvalue weighted by molar-refractivity contribution is 0.582. The molecule has 0 saturated carbocycles. The van der Waals surface area contributed by atoms with Crippen molar-refractivity contribution in [2.75, 3.05) is 0 Å². The Morgan fingerprint density at radius 1 is 1.27 bits per heavy atom. The molecule has 1 aromatic carbocycles. The number of hydrogen-bond donors (Lipinski definition) is 0. The molecule has 0 nitrogen and oxygen atoms in total. The highest BCUT2D eigenvalue weighted by Gasteiger charge is 2.23. The van der Waals surface area contributed by atoms with Gasteiger partial charge in [-0.15, -0.1) is 11.6 Å². The molecule has 0 aliphatic rings. The summed E-state index contributed by atoms with van der Waals surface area (Å²) >= 11 is 21.5. The molecule has 0 bridgehead atoms. The lowest BCUT2D eigenvalue weighted by Gasteiger charge is -2.25. The molecule has 0 heterocycles. The summed E-state index contributed by atoms with van der Waals surface area (Å²) in [4.78, 5) is 0. The molecule has 0 spiro atoms. The molecule has 0 aliphatic carbocycles. The average Bonchev–Trinajstić information content (AvgIpc) is 2.11. The number of alkyl halides is 1. The Morgan fingerprint density at radius 2 is 1.80 bits per heavy atom. The minimum atomic E-state index is -0.0166. The van der Waals surface area contributed by atoms with Gasteiger partial charge in [0.1, 0.15) is 0 Å². The highest BCUT2D eigenvalue weighted by molar-refractivity contribution is 9.10. The molecule has 0 radical (unpaired) electrons. The van der Waals surface area contributed by atoms with Crippen molar-refractivity contribution in [2.45, 2.75) is 32.1 Å². The number of benzene rings is 1. The van der Waals surface area contributed by atoms with Crippen molar-refractivity contribution >= 4 is 50.7 Å². The molecule has 0 fully saturated rings. The first-order valence-electron chi connectivity index (χ1n) is 4.52. The van der Waals surface area contributed by atoms with Gasteiger partial charge in [-0.25, -0.2) is 0 Å². The van der Waals surface area contributed by atoms with Crippen LogP contribution in [0.3, 0.4) is 0 Å². The fraction of sp³-hybridized carbons (Fsp3) is 0.455. The Labute approximate surface area is 114 Å². The topological polar surface area (TPSA) is 0 Å². The van der Waals surface area contributed by atoms with Crippen LogP contribution in [-0.2, 0) is 11.3 Å². The molecule has 0 unspecified atom stereocenters. The van der Waals surface area contributed by atoms with Crippen molar-refractivity contribution < 1.29 is 0 Å². The Morgan fingerprint density at radius 3 is 2.20 bits per heavy atom. The average molecular weight is 330 g/mol. The van der Waals surface area contributed by atoms with Crippen LogP contribution in [0, 0.1) is 0 Å². The van der Waals surface area contributed by atoms with Crippen LogP contribution in [0.5, 0.6) is 0 Å². The summed E-state index contributed by atoms with van der Waals surface area (Å²) in [6.45, 7) is 6.36. The first kappa shape index (κ1) is 13.6. The van der Waals surface area contributed by atoms with Crippen molar-refractivity contribution in [1.29, 1.82) is 0 Å². The molecule has 1 rings (SSSR count). The quantitative estimate of drug-likeness (QED) is 0.451. The molecule has 0 atom stereocenters. The molecule has 0 aliphatic heterocycles. The number of hydrogen-bond acceptors (Lipinski definition) is 0. The van der Waals surface area contributed by atoms with Gasteiger partial charge in [-0.05, 0) is 38.5 Å². The first-order valence-corrected chi connectivity index (χ1v) is 6.60. The van der Waals surface area contributed by atoms with Gasteiger partial charge in [0.15, 0.2) is 0 Å². The minimum absolute atomic E-state index is 0.0166. The van der Waals surface area contributed by atoms with E-state index >= 15 is 0 Å². The van der Waals surface area contributed by atoms with Crippen LogP contribution in [0.4, 0.5) is 0 Å². The van der Waals surface area contributed by atoms with E-state index in [-0.39, 0.29) is 5.41 Å². The predicted octanol–water partition coefficient (Wildman–Crippen LogP) is 5.79. The summed E-state index contributed by atoms with van der Waals surface area (Å²) in [7, 11) is 0. The molecule has 1 aromatic rings. The van der Waals surface area contributed by atoms with E-state index in [0.29, 0.717) is 15.9 Å². The largest absolute Gasteiger partial charge is 0.122 e. The van der Waals surface area contributed by atoms with Gasteiger partial charge in [0.25, 0.3) is 0 Å². The summed E-state index contributed by atoms with van der Waals surface area (Å²) in [5.41, 5.74) is 2.12. The molecule has 0 saturated heterocycles. The van der Waals surface area contributed by atoms with Crippen LogP contribution in [0.2, 0.25) is 10.0 Å². The van der Waals surface area contributed by atoms with Gasteiger partial charge in [0.2, 0.25) is 0 Å². The SMILES string of the molecule is CC(C)(C)c1c(CCl)cc(Cl)c(Cl)c1Br. The Kier molecular flexibility index (Phi) is 4.39. The van der Waals surface area contributed by atoms with E-state index in [0.717, 1.165) is 15.6 Å². The Hall–Kier alpha value is 0.570. The second-order valence-corrected chi connectivity index (χ2v) is 6.25. The van der Waals surface area contributed by atoms with E-state index in [9.17, 15) is 0 Å². The zero-order valence-electron chi connectivity index (χ0n) is 8.80. The van der Waals surface area contributed by atoms with E-state index in [1.807, 2.05) is 6.07 Å². The number of rotatable bonds is 1. The van der Waals surface area contributed by atoms with Crippen LogP contribution in [0.25, 0.3) is 0 Å². The molecular formula is C11H12BrCl3. The monoisotopic (exact) mass is 328 g/mol. The van der Waals surface area contributed by atoms with Crippen molar-refractivity contribution in [3.05, 3.63) is 31.7 Å². The maximum absolute atomic E-state index is 6.10. The van der Waals surface area contributed by atoms with E-state index < -0.39 is 0 Å². The van der Waals surface area contributed by atoms with Crippen molar-refractivity contribution in [3.63, 3.8) is 0 Å². The van der Waals surface area contributed by atoms with Crippen molar-refractivity contribution in [3.8, 4) is 0 Å². The standard InChI is InChI=1S/C11H12BrCl3/c1-11(2,3)8-6(5-13)4-7(14)10(15)9(8)12/h4H,5H2,1-3H3. The molecule has 0 N–H and O–H groups in total. The third-order valence-electron chi connectivity index (χ3n) is 2.14. The molecule has 4 heteroatoms. The first-order chi connectivity index (χ1) is 6.79. The van der Waals surface area contributed by atoms with E-state index in [1.54, 1.807) is 0 Å². The second-order valence-electron chi connectivity index (χ2n) is 4.40. The van der Waals surface area contributed by atoms with Gasteiger partial charge in [-0.3, -0.25) is 0 Å². The van der Waals surface area contributed by atoms with E-state index in [4.69, 9.17) is 34.8 Å². The molecular weight excluding hydrogens is 318 g/mol. The van der Waals surface area contributed by atoms with Gasteiger partial charge in [0, 0.05) is 10.4 Å². The van der Waals surface area contributed by atoms with E-state index in [2.05, 4.69) is 36.7 Å². The third-order valence-corrected chi connectivity index (χ3v) is 4.23. The van der Waals surface area contributed by atoms with Gasteiger partial charge in [-0.1, -0.05) is 44.0 Å². The fourth-order valence-corrected chi connectivity index (χ4v) is 3.32. The third kappa shape index (κ3) is 2.82. The lowest BCUT2D eigenvalue weighted by atomic mass is 9.84. The Bertz CT molecular complexity index is 380. The summed E-state index contributed by atoms with van der Waals surface area (Å²) < 4.78 is 0.847.